The van der Waals surface area contributed by atoms with E-state index < -0.39 is 17.7 Å². The summed E-state index contributed by atoms with van der Waals surface area (Å²) < 4.78 is 0. The van der Waals surface area contributed by atoms with Crippen LogP contribution in [0.15, 0.2) is 17.5 Å². The van der Waals surface area contributed by atoms with E-state index in [1.54, 1.807) is 32.6 Å². The fourth-order valence-corrected chi connectivity index (χ4v) is 3.15. The molecule has 11 heteroatoms. The molecule has 0 unspecified atom stereocenters. The van der Waals surface area contributed by atoms with Crippen LogP contribution >= 0.6 is 0 Å². The number of aromatic nitrogens is 2. The summed E-state index contributed by atoms with van der Waals surface area (Å²) in [5, 5.41) is 21.9. The van der Waals surface area contributed by atoms with Crippen molar-refractivity contribution < 1.29 is 19.5 Å². The molecule has 0 aliphatic carbocycles. The Kier molecular flexibility index (Phi) is 7.52. The van der Waals surface area contributed by atoms with Crippen LogP contribution in [0.3, 0.4) is 0 Å². The molecule has 2 amide bonds. The van der Waals surface area contributed by atoms with Gasteiger partial charge in [0.25, 0.3) is 5.91 Å². The molecule has 0 saturated carbocycles. The maximum atomic E-state index is 12.3. The smallest absolute Gasteiger partial charge is 0.408 e. The van der Waals surface area contributed by atoms with Crippen molar-refractivity contribution in [2.24, 2.45) is 5.16 Å². The first kappa shape index (κ1) is 22.9. The van der Waals surface area contributed by atoms with Crippen molar-refractivity contribution in [3.63, 3.8) is 0 Å². The molecular weight excluding hydrogens is 390 g/mol. The van der Waals surface area contributed by atoms with Gasteiger partial charge in [-0.05, 0) is 27.7 Å². The van der Waals surface area contributed by atoms with Crippen molar-refractivity contribution in [3.8, 4) is 6.07 Å². The second-order valence-electron chi connectivity index (χ2n) is 7.84. The molecule has 30 heavy (non-hydrogen) atoms. The van der Waals surface area contributed by atoms with Gasteiger partial charge in [-0.3, -0.25) is 9.69 Å². The zero-order valence-electron chi connectivity index (χ0n) is 17.6. The van der Waals surface area contributed by atoms with Crippen LogP contribution in [-0.2, 0) is 9.63 Å². The van der Waals surface area contributed by atoms with Crippen LogP contribution in [0, 0.1) is 11.3 Å². The van der Waals surface area contributed by atoms with E-state index in [-0.39, 0.29) is 12.5 Å². The molecule has 162 valence electrons. The van der Waals surface area contributed by atoms with Crippen LogP contribution in [0.1, 0.15) is 33.3 Å². The zero-order chi connectivity index (χ0) is 22.3. The van der Waals surface area contributed by atoms with E-state index in [9.17, 15) is 14.7 Å². The Hall–Kier alpha value is -3.42. The molecule has 0 bridgehead atoms. The van der Waals surface area contributed by atoms with Crippen LogP contribution in [0.25, 0.3) is 0 Å². The van der Waals surface area contributed by atoms with Crippen LogP contribution < -0.4 is 4.90 Å². The monoisotopic (exact) mass is 417 g/mol. The lowest BCUT2D eigenvalue weighted by Crippen LogP contribution is -2.50. The van der Waals surface area contributed by atoms with Crippen molar-refractivity contribution in [3.05, 3.63) is 18.0 Å². The van der Waals surface area contributed by atoms with Crippen molar-refractivity contribution in [2.75, 3.05) is 37.7 Å². The molecule has 1 atom stereocenters. The molecule has 1 fully saturated rings. The highest BCUT2D eigenvalue weighted by molar-refractivity contribution is 5.78. The molecule has 2 rings (SSSR count). The Morgan fingerprint density at radius 2 is 1.93 bits per heavy atom. The lowest BCUT2D eigenvalue weighted by molar-refractivity contribution is -0.136. The lowest BCUT2D eigenvalue weighted by atomic mass is 10.0. The molecule has 0 aromatic carbocycles. The number of nitriles is 1. The molecule has 1 saturated heterocycles. The number of oxime groups is 1. The minimum Gasteiger partial charge on any atom is -0.465 e. The molecular formula is C19H27N7O4. The van der Waals surface area contributed by atoms with Gasteiger partial charge in [0.2, 0.25) is 5.95 Å². The maximum Gasteiger partial charge on any atom is 0.408 e. The normalized spacial score (nSPS) is 15.6. The summed E-state index contributed by atoms with van der Waals surface area (Å²) in [6, 6.07) is 1.47. The molecule has 0 spiro atoms. The minimum absolute atomic E-state index is 0.203. The first-order valence-corrected chi connectivity index (χ1v) is 9.56. The van der Waals surface area contributed by atoms with E-state index in [2.05, 4.69) is 15.1 Å². The molecule has 1 N–H and O–H groups in total. The Balaban J connectivity index is 1.79. The topological polar surface area (TPSA) is 135 Å². The Labute approximate surface area is 175 Å². The number of carboxylic acid groups (broad SMARTS) is 1. The van der Waals surface area contributed by atoms with Gasteiger partial charge in [0.15, 0.2) is 6.61 Å². The third-order valence-electron chi connectivity index (χ3n) is 4.56. The van der Waals surface area contributed by atoms with Crippen molar-refractivity contribution >= 4 is 24.2 Å². The van der Waals surface area contributed by atoms with E-state index >= 15 is 0 Å². The summed E-state index contributed by atoms with van der Waals surface area (Å²) in [4.78, 5) is 42.0. The van der Waals surface area contributed by atoms with Gasteiger partial charge < -0.3 is 19.7 Å². The van der Waals surface area contributed by atoms with Gasteiger partial charge in [-0.2, -0.15) is 5.26 Å². The van der Waals surface area contributed by atoms with Gasteiger partial charge in [-0.15, -0.1) is 0 Å². The van der Waals surface area contributed by atoms with Crippen LogP contribution in [0.4, 0.5) is 10.7 Å². The fraction of sp³-hybridized carbons (Fsp3) is 0.579. The zero-order valence-corrected chi connectivity index (χ0v) is 17.6. The predicted molar refractivity (Wildman–Crippen MR) is 109 cm³/mol. The lowest BCUT2D eigenvalue weighted by Gasteiger charge is -2.36. The Morgan fingerprint density at radius 3 is 2.43 bits per heavy atom. The number of amides is 2. The number of carbonyl (C=O) groups is 2. The molecule has 1 aromatic rings. The van der Waals surface area contributed by atoms with Gasteiger partial charge in [-0.25, -0.2) is 14.8 Å². The van der Waals surface area contributed by atoms with Crippen molar-refractivity contribution in [1.82, 2.24) is 19.8 Å². The number of carbonyl (C=O) groups excluding carboxylic acids is 1. The Bertz CT molecular complexity index is 806. The summed E-state index contributed by atoms with van der Waals surface area (Å²) in [6.45, 7) is 8.95. The van der Waals surface area contributed by atoms with E-state index in [0.717, 1.165) is 0 Å². The molecule has 1 aromatic heterocycles. The van der Waals surface area contributed by atoms with Crippen molar-refractivity contribution in [2.45, 2.75) is 39.3 Å². The van der Waals surface area contributed by atoms with Crippen molar-refractivity contribution in [1.29, 1.82) is 5.26 Å². The molecule has 1 aliphatic heterocycles. The second kappa shape index (κ2) is 9.87. The summed E-state index contributed by atoms with van der Waals surface area (Å²) in [6.07, 6.45) is 3.25. The number of hydrogen-bond donors (Lipinski definition) is 1. The van der Waals surface area contributed by atoms with Gasteiger partial charge in [-0.1, -0.05) is 5.16 Å². The van der Waals surface area contributed by atoms with Crippen LogP contribution in [0.5, 0.6) is 0 Å². The highest BCUT2D eigenvalue weighted by atomic mass is 16.6. The van der Waals surface area contributed by atoms with Gasteiger partial charge in [0.05, 0.1) is 30.2 Å². The second-order valence-corrected chi connectivity index (χ2v) is 7.84. The first-order chi connectivity index (χ1) is 14.1. The first-order valence-electron chi connectivity index (χ1n) is 9.56. The van der Waals surface area contributed by atoms with E-state index in [1.165, 1.54) is 23.5 Å². The number of piperazine rings is 1. The van der Waals surface area contributed by atoms with Gasteiger partial charge in [0.1, 0.15) is 6.07 Å². The summed E-state index contributed by atoms with van der Waals surface area (Å²) in [5.41, 5.74) is -0.195. The SMILES string of the molecule is C[C@@H](/C=N/OCC(=O)N1CCN(c2ncc(C#N)cn2)CC1)N(C(=O)O)C(C)(C)C. The number of rotatable bonds is 6. The summed E-state index contributed by atoms with van der Waals surface area (Å²) in [7, 11) is 0. The van der Waals surface area contributed by atoms with E-state index in [4.69, 9.17) is 10.1 Å². The molecule has 0 radical (unpaired) electrons. The predicted octanol–water partition coefficient (Wildman–Crippen LogP) is 1.17. The van der Waals surface area contributed by atoms with E-state index in [1.807, 2.05) is 11.0 Å². The maximum absolute atomic E-state index is 12.3. The largest absolute Gasteiger partial charge is 0.465 e. The van der Waals surface area contributed by atoms with Gasteiger partial charge in [0, 0.05) is 31.7 Å². The summed E-state index contributed by atoms with van der Waals surface area (Å²) in [5.74, 6) is 0.323. The quantitative estimate of drug-likeness (QED) is 0.538. The molecule has 2 heterocycles. The summed E-state index contributed by atoms with van der Waals surface area (Å²) >= 11 is 0. The standard InChI is InChI=1S/C19H27N7O4/c1-14(26(18(28)29)19(2,3)4)10-23-30-13-16(27)24-5-7-25(8-6-24)17-21-11-15(9-20)12-22-17/h10-12,14H,5-8,13H2,1-4H3,(H,28,29)/b23-10+/t14-/m0/s1. The molecule has 1 aliphatic rings. The average Bonchev–Trinajstić information content (AvgIpc) is 2.70. The Morgan fingerprint density at radius 1 is 1.33 bits per heavy atom. The van der Waals surface area contributed by atoms with Gasteiger partial charge >= 0.3 is 6.09 Å². The molecule has 11 nitrogen and oxygen atoms in total. The van der Waals surface area contributed by atoms with Crippen LogP contribution in [0.2, 0.25) is 0 Å². The van der Waals surface area contributed by atoms with Crippen LogP contribution in [-0.4, -0.2) is 87.5 Å². The highest BCUT2D eigenvalue weighted by Crippen LogP contribution is 2.16. The fourth-order valence-electron chi connectivity index (χ4n) is 3.15. The minimum atomic E-state index is -1.05. The number of anilines is 1. The average molecular weight is 417 g/mol. The highest BCUT2D eigenvalue weighted by Gasteiger charge is 2.30. The van der Waals surface area contributed by atoms with E-state index in [0.29, 0.717) is 37.7 Å². The third-order valence-corrected chi connectivity index (χ3v) is 4.56. The number of nitrogens with zero attached hydrogens (tertiary/aromatic N) is 7. The third kappa shape index (κ3) is 6.04. The number of hydrogen-bond acceptors (Lipinski definition) is 8.